The molecule has 0 saturated carbocycles. The minimum absolute atomic E-state index is 0.328. The second-order valence-electron chi connectivity index (χ2n) is 5.45. The van der Waals surface area contributed by atoms with Gasteiger partial charge in [-0.3, -0.25) is 4.90 Å². The normalized spacial score (nSPS) is 12.4. The third-order valence-corrected chi connectivity index (χ3v) is 3.54. The molecule has 0 aliphatic heterocycles. The standard InChI is InChI=1S/C18H29NO3/c1-4-5-9-17(20)15-19(11-7-12-21-2)14-16-8-6-10-18(13-16)22-3/h4,6,8,10,13,17,20H,1,5,7,9,11-12,14-15H2,2-3H3. The number of allylic oxidation sites excluding steroid dienone is 1. The molecule has 0 aliphatic carbocycles. The minimum Gasteiger partial charge on any atom is -0.497 e. The van der Waals surface area contributed by atoms with Crippen molar-refractivity contribution in [3.8, 4) is 5.75 Å². The van der Waals surface area contributed by atoms with E-state index >= 15 is 0 Å². The van der Waals surface area contributed by atoms with Crippen molar-refractivity contribution in [3.05, 3.63) is 42.5 Å². The molecule has 4 nitrogen and oxygen atoms in total. The largest absolute Gasteiger partial charge is 0.497 e. The lowest BCUT2D eigenvalue weighted by molar-refractivity contribution is 0.0941. The Hall–Kier alpha value is -1.36. The van der Waals surface area contributed by atoms with Crippen LogP contribution in [0.15, 0.2) is 36.9 Å². The van der Waals surface area contributed by atoms with E-state index in [1.54, 1.807) is 14.2 Å². The molecule has 1 N–H and O–H groups in total. The van der Waals surface area contributed by atoms with Gasteiger partial charge in [0.2, 0.25) is 0 Å². The second-order valence-corrected chi connectivity index (χ2v) is 5.45. The molecule has 1 rings (SSSR count). The Balaban J connectivity index is 2.60. The van der Waals surface area contributed by atoms with Crippen molar-refractivity contribution in [2.75, 3.05) is 33.9 Å². The van der Waals surface area contributed by atoms with Gasteiger partial charge in [0.05, 0.1) is 13.2 Å². The zero-order valence-corrected chi connectivity index (χ0v) is 13.8. The first-order valence-electron chi connectivity index (χ1n) is 7.82. The summed E-state index contributed by atoms with van der Waals surface area (Å²) in [5, 5.41) is 10.1. The van der Waals surface area contributed by atoms with Crippen molar-refractivity contribution in [1.82, 2.24) is 4.90 Å². The molecule has 0 bridgehead atoms. The zero-order valence-electron chi connectivity index (χ0n) is 13.8. The van der Waals surface area contributed by atoms with Crippen molar-refractivity contribution in [1.29, 1.82) is 0 Å². The van der Waals surface area contributed by atoms with Crippen LogP contribution in [0, 0.1) is 0 Å². The average Bonchev–Trinajstić information content (AvgIpc) is 2.53. The molecule has 0 saturated heterocycles. The lowest BCUT2D eigenvalue weighted by atomic mass is 10.1. The third kappa shape index (κ3) is 7.59. The zero-order chi connectivity index (χ0) is 16.2. The van der Waals surface area contributed by atoms with Crippen LogP contribution in [0.1, 0.15) is 24.8 Å². The van der Waals surface area contributed by atoms with Crippen LogP contribution < -0.4 is 4.74 Å². The Morgan fingerprint density at radius 2 is 2.18 bits per heavy atom. The van der Waals surface area contributed by atoms with Crippen LogP contribution in [0.5, 0.6) is 5.75 Å². The highest BCUT2D eigenvalue weighted by Gasteiger charge is 2.12. The summed E-state index contributed by atoms with van der Waals surface area (Å²) >= 11 is 0. The highest BCUT2D eigenvalue weighted by atomic mass is 16.5. The number of methoxy groups -OCH3 is 2. The highest BCUT2D eigenvalue weighted by molar-refractivity contribution is 5.28. The summed E-state index contributed by atoms with van der Waals surface area (Å²) in [7, 11) is 3.39. The molecule has 4 heteroatoms. The number of aliphatic hydroxyl groups excluding tert-OH is 1. The fraction of sp³-hybridized carbons (Fsp3) is 0.556. The van der Waals surface area contributed by atoms with Gasteiger partial charge in [-0.25, -0.2) is 0 Å². The topological polar surface area (TPSA) is 41.9 Å². The van der Waals surface area contributed by atoms with E-state index in [0.29, 0.717) is 6.54 Å². The van der Waals surface area contributed by atoms with Gasteiger partial charge in [-0.05, 0) is 37.0 Å². The summed E-state index contributed by atoms with van der Waals surface area (Å²) in [6.07, 6.45) is 4.07. The number of aliphatic hydroxyl groups is 1. The van der Waals surface area contributed by atoms with E-state index in [2.05, 4.69) is 17.5 Å². The van der Waals surface area contributed by atoms with E-state index in [1.807, 2.05) is 24.3 Å². The SMILES string of the molecule is C=CCCC(O)CN(CCCOC)Cc1cccc(OC)c1. The van der Waals surface area contributed by atoms with Crippen LogP contribution in [0.4, 0.5) is 0 Å². The molecule has 1 aromatic carbocycles. The van der Waals surface area contributed by atoms with E-state index in [1.165, 1.54) is 5.56 Å². The maximum Gasteiger partial charge on any atom is 0.119 e. The number of hydrogen-bond acceptors (Lipinski definition) is 4. The predicted octanol–water partition coefficient (Wildman–Crippen LogP) is 2.86. The maximum atomic E-state index is 10.1. The van der Waals surface area contributed by atoms with Crippen molar-refractivity contribution in [2.24, 2.45) is 0 Å². The maximum absolute atomic E-state index is 10.1. The van der Waals surface area contributed by atoms with Gasteiger partial charge < -0.3 is 14.6 Å². The van der Waals surface area contributed by atoms with Gasteiger partial charge in [-0.1, -0.05) is 18.2 Å². The Kier molecular flexibility index (Phi) is 9.55. The molecule has 22 heavy (non-hydrogen) atoms. The Bertz CT molecular complexity index is 423. The number of benzene rings is 1. The van der Waals surface area contributed by atoms with Gasteiger partial charge in [0.1, 0.15) is 5.75 Å². The van der Waals surface area contributed by atoms with E-state index in [-0.39, 0.29) is 6.10 Å². The van der Waals surface area contributed by atoms with E-state index in [9.17, 15) is 5.11 Å². The summed E-state index contributed by atoms with van der Waals surface area (Å²) in [4.78, 5) is 2.27. The predicted molar refractivity (Wildman–Crippen MR) is 90.2 cm³/mol. The van der Waals surface area contributed by atoms with Gasteiger partial charge in [-0.15, -0.1) is 6.58 Å². The first kappa shape index (κ1) is 18.7. The number of ether oxygens (including phenoxy) is 2. The molecule has 1 unspecified atom stereocenters. The van der Waals surface area contributed by atoms with Crippen LogP contribution in [-0.2, 0) is 11.3 Å². The van der Waals surface area contributed by atoms with Crippen molar-refractivity contribution < 1.29 is 14.6 Å². The summed E-state index contributed by atoms with van der Waals surface area (Å²) in [5.41, 5.74) is 1.19. The Morgan fingerprint density at radius 3 is 2.86 bits per heavy atom. The second kappa shape index (κ2) is 11.2. The number of rotatable bonds is 12. The third-order valence-electron chi connectivity index (χ3n) is 3.54. The van der Waals surface area contributed by atoms with Gasteiger partial charge in [0, 0.05) is 33.4 Å². The summed E-state index contributed by atoms with van der Waals surface area (Å²) < 4.78 is 10.4. The van der Waals surface area contributed by atoms with Crippen LogP contribution in [0.3, 0.4) is 0 Å². The Labute approximate surface area is 134 Å². The fourth-order valence-corrected chi connectivity index (χ4v) is 2.40. The first-order valence-corrected chi connectivity index (χ1v) is 7.82. The molecule has 124 valence electrons. The quantitative estimate of drug-likeness (QED) is 0.476. The van der Waals surface area contributed by atoms with Crippen molar-refractivity contribution >= 4 is 0 Å². The molecule has 0 spiro atoms. The Morgan fingerprint density at radius 1 is 1.36 bits per heavy atom. The van der Waals surface area contributed by atoms with E-state index in [4.69, 9.17) is 9.47 Å². The summed E-state index contributed by atoms with van der Waals surface area (Å²) in [6, 6.07) is 8.06. The fourth-order valence-electron chi connectivity index (χ4n) is 2.40. The van der Waals surface area contributed by atoms with Gasteiger partial charge >= 0.3 is 0 Å². The van der Waals surface area contributed by atoms with Crippen LogP contribution in [0.25, 0.3) is 0 Å². The molecule has 0 heterocycles. The molecular formula is C18H29NO3. The minimum atomic E-state index is -0.328. The molecule has 0 fully saturated rings. The van der Waals surface area contributed by atoms with E-state index in [0.717, 1.165) is 44.7 Å². The average molecular weight is 307 g/mol. The smallest absolute Gasteiger partial charge is 0.119 e. The summed E-state index contributed by atoms with van der Waals surface area (Å²) in [6.45, 7) is 6.80. The lowest BCUT2D eigenvalue weighted by Crippen LogP contribution is -2.33. The molecule has 0 amide bonds. The molecule has 0 radical (unpaired) electrons. The lowest BCUT2D eigenvalue weighted by Gasteiger charge is -2.25. The molecule has 1 atom stereocenters. The summed E-state index contributed by atoms with van der Waals surface area (Å²) in [5.74, 6) is 0.863. The van der Waals surface area contributed by atoms with Crippen LogP contribution in [-0.4, -0.2) is 50.0 Å². The van der Waals surface area contributed by atoms with Gasteiger partial charge in [0.25, 0.3) is 0 Å². The van der Waals surface area contributed by atoms with Crippen molar-refractivity contribution in [2.45, 2.75) is 31.9 Å². The van der Waals surface area contributed by atoms with E-state index < -0.39 is 0 Å². The molecule has 0 aromatic heterocycles. The van der Waals surface area contributed by atoms with Crippen LogP contribution >= 0.6 is 0 Å². The highest BCUT2D eigenvalue weighted by Crippen LogP contribution is 2.15. The molecular weight excluding hydrogens is 278 g/mol. The van der Waals surface area contributed by atoms with Gasteiger partial charge in [-0.2, -0.15) is 0 Å². The molecule has 1 aromatic rings. The van der Waals surface area contributed by atoms with Gasteiger partial charge in [0.15, 0.2) is 0 Å². The van der Waals surface area contributed by atoms with Crippen LogP contribution in [0.2, 0.25) is 0 Å². The molecule has 0 aliphatic rings. The number of nitrogens with zero attached hydrogens (tertiary/aromatic N) is 1. The number of hydrogen-bond donors (Lipinski definition) is 1. The van der Waals surface area contributed by atoms with Crippen molar-refractivity contribution in [3.63, 3.8) is 0 Å². The first-order chi connectivity index (χ1) is 10.7. The monoisotopic (exact) mass is 307 g/mol.